The molecule has 2 heterocycles. The van der Waals surface area contributed by atoms with Crippen molar-refractivity contribution in [2.24, 2.45) is 0 Å². The molecule has 2 aromatic heterocycles. The first-order chi connectivity index (χ1) is 8.64. The van der Waals surface area contributed by atoms with Gasteiger partial charge in [0, 0.05) is 17.7 Å². The van der Waals surface area contributed by atoms with E-state index in [0.29, 0.717) is 17.9 Å². The molecule has 0 aromatic carbocycles. The molecule has 0 spiro atoms. The Hall–Kier alpha value is -1.91. The first-order valence-electron chi connectivity index (χ1n) is 6.16. The maximum Gasteiger partial charge on any atom is 0.358 e. The predicted molar refractivity (Wildman–Crippen MR) is 65.5 cm³/mol. The molecule has 0 unspecified atom stereocenters. The van der Waals surface area contributed by atoms with Crippen LogP contribution in [0.15, 0.2) is 18.3 Å². The minimum atomic E-state index is -0.394. The number of fused-ring (bicyclic) bond motifs is 1. The first kappa shape index (κ1) is 11.2. The number of hydrogen-bond donors (Lipinski definition) is 0. The van der Waals surface area contributed by atoms with Gasteiger partial charge in [-0.05, 0) is 25.8 Å². The smallest absolute Gasteiger partial charge is 0.358 e. The number of esters is 1. The maximum absolute atomic E-state index is 11.7. The van der Waals surface area contributed by atoms with E-state index in [0.717, 1.165) is 18.5 Å². The lowest BCUT2D eigenvalue weighted by Gasteiger charge is -2.09. The highest BCUT2D eigenvalue weighted by Crippen LogP contribution is 2.47. The number of carbonyl (C=O) groups is 1. The third-order valence-corrected chi connectivity index (χ3v) is 3.46. The van der Waals surface area contributed by atoms with Crippen molar-refractivity contribution in [1.29, 1.82) is 0 Å². The molecule has 0 amide bonds. The summed E-state index contributed by atoms with van der Waals surface area (Å²) >= 11 is 0. The summed E-state index contributed by atoms with van der Waals surface area (Å²) in [6, 6.07) is 3.65. The molecule has 0 bridgehead atoms. The highest BCUT2D eigenvalue weighted by atomic mass is 16.5. The predicted octanol–water partition coefficient (Wildman–Crippen LogP) is 1.96. The molecular weight excluding hydrogens is 230 g/mol. The van der Waals surface area contributed by atoms with Gasteiger partial charge in [0.1, 0.15) is 0 Å². The summed E-state index contributed by atoms with van der Waals surface area (Å²) in [6.45, 7) is 4.33. The quantitative estimate of drug-likeness (QED) is 0.776. The molecule has 0 atom stereocenters. The number of nitrogens with zero attached hydrogens (tertiary/aromatic N) is 3. The molecule has 5 nitrogen and oxygen atoms in total. The molecular formula is C13H15N3O2. The van der Waals surface area contributed by atoms with Gasteiger partial charge in [-0.15, -0.1) is 0 Å². The minimum absolute atomic E-state index is 0.180. The van der Waals surface area contributed by atoms with Crippen LogP contribution in [0.4, 0.5) is 0 Å². The summed E-state index contributed by atoms with van der Waals surface area (Å²) in [5.74, 6) is -0.394. The van der Waals surface area contributed by atoms with Gasteiger partial charge >= 0.3 is 5.97 Å². The van der Waals surface area contributed by atoms with Crippen molar-refractivity contribution in [2.45, 2.75) is 32.1 Å². The number of aromatic nitrogens is 3. The number of hydrogen-bond acceptors (Lipinski definition) is 4. The molecule has 0 radical (unpaired) electrons. The molecule has 0 saturated heterocycles. The van der Waals surface area contributed by atoms with Crippen LogP contribution in [0, 0.1) is 0 Å². The van der Waals surface area contributed by atoms with Crippen LogP contribution in [0.1, 0.15) is 42.9 Å². The third-order valence-electron chi connectivity index (χ3n) is 3.46. The van der Waals surface area contributed by atoms with E-state index < -0.39 is 5.97 Å². The van der Waals surface area contributed by atoms with Crippen LogP contribution in [0.25, 0.3) is 5.65 Å². The fourth-order valence-corrected chi connectivity index (χ4v) is 2.10. The Bertz CT molecular complexity index is 614. The van der Waals surface area contributed by atoms with Gasteiger partial charge in [-0.25, -0.2) is 14.3 Å². The molecule has 1 aliphatic carbocycles. The van der Waals surface area contributed by atoms with Crippen molar-refractivity contribution in [3.63, 3.8) is 0 Å². The molecule has 18 heavy (non-hydrogen) atoms. The summed E-state index contributed by atoms with van der Waals surface area (Å²) in [7, 11) is 0. The molecule has 5 heteroatoms. The van der Waals surface area contributed by atoms with E-state index >= 15 is 0 Å². The van der Waals surface area contributed by atoms with Crippen molar-refractivity contribution >= 4 is 11.6 Å². The molecule has 1 saturated carbocycles. The van der Waals surface area contributed by atoms with Crippen LogP contribution in [-0.2, 0) is 10.2 Å². The van der Waals surface area contributed by atoms with E-state index in [1.165, 1.54) is 0 Å². The second-order valence-electron chi connectivity index (χ2n) is 4.91. The Balaban J connectivity index is 2.09. The fourth-order valence-electron chi connectivity index (χ4n) is 2.10. The maximum atomic E-state index is 11.7. The Morgan fingerprint density at radius 2 is 2.33 bits per heavy atom. The third kappa shape index (κ3) is 1.66. The van der Waals surface area contributed by atoms with Gasteiger partial charge in [-0.3, -0.25) is 0 Å². The van der Waals surface area contributed by atoms with Crippen LogP contribution in [0.3, 0.4) is 0 Å². The van der Waals surface area contributed by atoms with E-state index in [2.05, 4.69) is 17.0 Å². The minimum Gasteiger partial charge on any atom is -0.461 e. The molecule has 94 valence electrons. The summed E-state index contributed by atoms with van der Waals surface area (Å²) in [4.78, 5) is 15.9. The second-order valence-corrected chi connectivity index (χ2v) is 4.91. The normalized spacial score (nSPS) is 16.8. The largest absolute Gasteiger partial charge is 0.461 e. The standard InChI is InChI=1S/C13H15N3O2/c1-3-18-12(17)9-8-11-14-7-4-10(16(11)15-9)13(2)5-6-13/h4,7-8H,3,5-6H2,1-2H3. The van der Waals surface area contributed by atoms with Gasteiger partial charge in [0.15, 0.2) is 11.3 Å². The van der Waals surface area contributed by atoms with Gasteiger partial charge < -0.3 is 4.74 Å². The monoisotopic (exact) mass is 245 g/mol. The molecule has 1 fully saturated rings. The Morgan fingerprint density at radius 1 is 1.56 bits per heavy atom. The topological polar surface area (TPSA) is 56.5 Å². The number of rotatable bonds is 3. The summed E-state index contributed by atoms with van der Waals surface area (Å²) in [5, 5.41) is 4.32. The Morgan fingerprint density at radius 3 is 3.00 bits per heavy atom. The van der Waals surface area contributed by atoms with Crippen molar-refractivity contribution in [3.8, 4) is 0 Å². The van der Waals surface area contributed by atoms with Crippen molar-refractivity contribution in [2.75, 3.05) is 6.61 Å². The molecule has 2 aromatic rings. The zero-order valence-electron chi connectivity index (χ0n) is 10.5. The highest BCUT2D eigenvalue weighted by molar-refractivity contribution is 5.88. The van der Waals surface area contributed by atoms with Crippen LogP contribution >= 0.6 is 0 Å². The number of ether oxygens (including phenoxy) is 1. The van der Waals surface area contributed by atoms with Crippen molar-refractivity contribution in [3.05, 3.63) is 29.7 Å². The SMILES string of the molecule is CCOC(=O)c1cc2nccc(C3(C)CC3)n2n1. The fraction of sp³-hybridized carbons (Fsp3) is 0.462. The number of carbonyl (C=O) groups excluding carboxylic acids is 1. The molecule has 0 N–H and O–H groups in total. The van der Waals surface area contributed by atoms with E-state index in [-0.39, 0.29) is 5.41 Å². The highest BCUT2D eigenvalue weighted by Gasteiger charge is 2.41. The van der Waals surface area contributed by atoms with E-state index in [1.54, 1.807) is 23.7 Å². The van der Waals surface area contributed by atoms with E-state index in [9.17, 15) is 4.79 Å². The van der Waals surface area contributed by atoms with Gasteiger partial charge in [0.25, 0.3) is 0 Å². The second kappa shape index (κ2) is 3.80. The average Bonchev–Trinajstić information content (AvgIpc) is 2.94. The van der Waals surface area contributed by atoms with Gasteiger partial charge in [-0.1, -0.05) is 6.92 Å². The van der Waals surface area contributed by atoms with Crippen LogP contribution in [-0.4, -0.2) is 27.2 Å². The van der Waals surface area contributed by atoms with E-state index in [4.69, 9.17) is 4.74 Å². The molecule has 3 rings (SSSR count). The van der Waals surface area contributed by atoms with Crippen LogP contribution in [0.2, 0.25) is 0 Å². The van der Waals surface area contributed by atoms with Crippen LogP contribution in [0.5, 0.6) is 0 Å². The van der Waals surface area contributed by atoms with E-state index in [1.807, 2.05) is 6.07 Å². The van der Waals surface area contributed by atoms with Gasteiger partial charge in [-0.2, -0.15) is 5.10 Å². The molecule has 0 aliphatic heterocycles. The van der Waals surface area contributed by atoms with Crippen LogP contribution < -0.4 is 0 Å². The average molecular weight is 245 g/mol. The van der Waals surface area contributed by atoms with Crippen molar-refractivity contribution in [1.82, 2.24) is 14.6 Å². The van der Waals surface area contributed by atoms with Gasteiger partial charge in [0.2, 0.25) is 0 Å². The van der Waals surface area contributed by atoms with Gasteiger partial charge in [0.05, 0.1) is 12.3 Å². The lowest BCUT2D eigenvalue weighted by molar-refractivity contribution is 0.0519. The first-order valence-corrected chi connectivity index (χ1v) is 6.16. The zero-order valence-corrected chi connectivity index (χ0v) is 10.5. The lowest BCUT2D eigenvalue weighted by atomic mass is 10.1. The molecule has 1 aliphatic rings. The Kier molecular flexibility index (Phi) is 2.36. The zero-order chi connectivity index (χ0) is 12.8. The summed E-state index contributed by atoms with van der Waals surface area (Å²) in [5.41, 5.74) is 2.31. The Labute approximate surface area is 105 Å². The lowest BCUT2D eigenvalue weighted by Crippen LogP contribution is -2.10. The summed E-state index contributed by atoms with van der Waals surface area (Å²) < 4.78 is 6.72. The summed E-state index contributed by atoms with van der Waals surface area (Å²) in [6.07, 6.45) is 4.08. The van der Waals surface area contributed by atoms with Crippen molar-refractivity contribution < 1.29 is 9.53 Å².